The Kier molecular flexibility index (Phi) is 2.94. The molecule has 0 aliphatic carbocycles. The van der Waals surface area contributed by atoms with E-state index in [4.69, 9.17) is 0 Å². The van der Waals surface area contributed by atoms with Gasteiger partial charge in [-0.3, -0.25) is 0 Å². The molecule has 0 bridgehead atoms. The quantitative estimate of drug-likeness (QED) is 0.562. The Morgan fingerprint density at radius 3 is 2.45 bits per heavy atom. The van der Waals surface area contributed by atoms with E-state index in [2.05, 4.69) is 32.7 Å². The van der Waals surface area contributed by atoms with Crippen molar-refractivity contribution in [3.63, 3.8) is 0 Å². The van der Waals surface area contributed by atoms with Gasteiger partial charge in [0.25, 0.3) is 0 Å². The first-order chi connectivity index (χ1) is 5.11. The molecule has 0 unspecified atom stereocenters. The summed E-state index contributed by atoms with van der Waals surface area (Å²) in [7, 11) is 2.26. The normalized spacial score (nSPS) is 34.6. The molecule has 1 saturated heterocycles. The zero-order valence-electron chi connectivity index (χ0n) is 8.30. The van der Waals surface area contributed by atoms with Crippen LogP contribution in [0.1, 0.15) is 33.6 Å². The molecule has 0 amide bonds. The van der Waals surface area contributed by atoms with Crippen molar-refractivity contribution < 1.29 is 0 Å². The second-order valence-electron chi connectivity index (χ2n) is 4.42. The molecule has 1 rings (SSSR count). The first-order valence-electron chi connectivity index (χ1n) is 4.81. The molecule has 1 heterocycles. The smallest absolute Gasteiger partial charge is 0.0118 e. The topological polar surface area (TPSA) is 3.24 Å². The Labute approximate surface area is 70.8 Å². The summed E-state index contributed by atoms with van der Waals surface area (Å²) in [5.74, 6) is 1.77. The van der Waals surface area contributed by atoms with E-state index in [0.717, 1.165) is 17.9 Å². The summed E-state index contributed by atoms with van der Waals surface area (Å²) in [6.07, 6.45) is 2.79. The van der Waals surface area contributed by atoms with Crippen LogP contribution in [0.4, 0.5) is 0 Å². The van der Waals surface area contributed by atoms with Crippen molar-refractivity contribution in [3.8, 4) is 0 Å². The number of piperidine rings is 1. The molecule has 1 aliphatic rings. The van der Waals surface area contributed by atoms with Crippen molar-refractivity contribution in [1.82, 2.24) is 4.90 Å². The highest BCUT2D eigenvalue weighted by Gasteiger charge is 2.25. The monoisotopic (exact) mass is 155 g/mol. The van der Waals surface area contributed by atoms with E-state index in [1.54, 1.807) is 0 Å². The molecule has 0 aromatic rings. The summed E-state index contributed by atoms with van der Waals surface area (Å²) in [6.45, 7) is 8.34. The standard InChI is InChI=1S/C10H21N/c1-8(2)10-7-9(3)5-6-11(10)4/h8-10H,5-7H2,1-4H3/t9-,10-/m1/s1. The van der Waals surface area contributed by atoms with Crippen LogP contribution in [0.15, 0.2) is 0 Å². The van der Waals surface area contributed by atoms with Crippen molar-refractivity contribution in [3.05, 3.63) is 0 Å². The molecule has 0 N–H and O–H groups in total. The predicted molar refractivity (Wildman–Crippen MR) is 49.7 cm³/mol. The lowest BCUT2D eigenvalue weighted by Gasteiger charge is -2.38. The van der Waals surface area contributed by atoms with Gasteiger partial charge in [0.1, 0.15) is 0 Å². The zero-order valence-corrected chi connectivity index (χ0v) is 8.30. The SMILES string of the molecule is CC(C)[C@H]1C[C@H](C)CCN1C. The van der Waals surface area contributed by atoms with E-state index in [9.17, 15) is 0 Å². The molecule has 2 atom stereocenters. The molecule has 0 spiro atoms. The van der Waals surface area contributed by atoms with Crippen LogP contribution >= 0.6 is 0 Å². The summed E-state index contributed by atoms with van der Waals surface area (Å²) in [6, 6.07) is 0.832. The number of rotatable bonds is 1. The van der Waals surface area contributed by atoms with Gasteiger partial charge in [-0.15, -0.1) is 0 Å². The van der Waals surface area contributed by atoms with Gasteiger partial charge in [0.2, 0.25) is 0 Å². The summed E-state index contributed by atoms with van der Waals surface area (Å²) in [5.41, 5.74) is 0. The highest BCUT2D eigenvalue weighted by Crippen LogP contribution is 2.25. The third-order valence-electron chi connectivity index (χ3n) is 2.95. The van der Waals surface area contributed by atoms with Crippen LogP contribution in [0.3, 0.4) is 0 Å². The van der Waals surface area contributed by atoms with Gasteiger partial charge in [0.05, 0.1) is 0 Å². The number of nitrogens with zero attached hydrogens (tertiary/aromatic N) is 1. The van der Waals surface area contributed by atoms with Crippen molar-refractivity contribution in [1.29, 1.82) is 0 Å². The minimum atomic E-state index is 0.822. The average Bonchev–Trinajstić information content (AvgIpc) is 1.94. The van der Waals surface area contributed by atoms with Crippen LogP contribution in [-0.2, 0) is 0 Å². The van der Waals surface area contributed by atoms with Crippen molar-refractivity contribution in [2.75, 3.05) is 13.6 Å². The molecule has 0 aromatic carbocycles. The van der Waals surface area contributed by atoms with Crippen LogP contribution in [-0.4, -0.2) is 24.5 Å². The van der Waals surface area contributed by atoms with Gasteiger partial charge in [0, 0.05) is 6.04 Å². The third-order valence-corrected chi connectivity index (χ3v) is 2.95. The Bertz CT molecular complexity index is 120. The lowest BCUT2D eigenvalue weighted by Crippen LogP contribution is -2.42. The summed E-state index contributed by atoms with van der Waals surface area (Å²) >= 11 is 0. The second kappa shape index (κ2) is 3.57. The summed E-state index contributed by atoms with van der Waals surface area (Å²) < 4.78 is 0. The van der Waals surface area contributed by atoms with Gasteiger partial charge in [-0.25, -0.2) is 0 Å². The van der Waals surface area contributed by atoms with Gasteiger partial charge in [-0.05, 0) is 38.3 Å². The average molecular weight is 155 g/mol. The van der Waals surface area contributed by atoms with Crippen LogP contribution in [0.5, 0.6) is 0 Å². The van der Waals surface area contributed by atoms with E-state index in [1.807, 2.05) is 0 Å². The maximum Gasteiger partial charge on any atom is 0.0118 e. The molecule has 0 radical (unpaired) electrons. The van der Waals surface area contributed by atoms with Crippen molar-refractivity contribution >= 4 is 0 Å². The van der Waals surface area contributed by atoms with E-state index in [-0.39, 0.29) is 0 Å². The molecule has 66 valence electrons. The van der Waals surface area contributed by atoms with E-state index >= 15 is 0 Å². The Hall–Kier alpha value is -0.0400. The molecule has 1 aliphatic heterocycles. The molecular formula is C10H21N. The first-order valence-corrected chi connectivity index (χ1v) is 4.81. The minimum absolute atomic E-state index is 0.822. The van der Waals surface area contributed by atoms with Crippen molar-refractivity contribution in [2.24, 2.45) is 11.8 Å². The number of hydrogen-bond acceptors (Lipinski definition) is 1. The maximum atomic E-state index is 2.52. The fourth-order valence-electron chi connectivity index (χ4n) is 2.08. The molecule has 1 heteroatoms. The van der Waals surface area contributed by atoms with Crippen LogP contribution in [0, 0.1) is 11.8 Å². The minimum Gasteiger partial charge on any atom is -0.303 e. The fraction of sp³-hybridized carbons (Fsp3) is 1.00. The Balaban J connectivity index is 2.47. The van der Waals surface area contributed by atoms with Gasteiger partial charge < -0.3 is 4.90 Å². The van der Waals surface area contributed by atoms with Gasteiger partial charge in [-0.1, -0.05) is 20.8 Å². The summed E-state index contributed by atoms with van der Waals surface area (Å²) in [4.78, 5) is 2.52. The molecule has 0 saturated carbocycles. The second-order valence-corrected chi connectivity index (χ2v) is 4.42. The third kappa shape index (κ3) is 2.19. The van der Waals surface area contributed by atoms with Crippen LogP contribution in [0.25, 0.3) is 0 Å². The van der Waals surface area contributed by atoms with Crippen LogP contribution in [0.2, 0.25) is 0 Å². The zero-order chi connectivity index (χ0) is 8.43. The van der Waals surface area contributed by atoms with Crippen molar-refractivity contribution in [2.45, 2.75) is 39.7 Å². The molecule has 0 aromatic heterocycles. The molecule has 1 fully saturated rings. The Morgan fingerprint density at radius 2 is 2.00 bits per heavy atom. The lowest BCUT2D eigenvalue weighted by molar-refractivity contribution is 0.113. The largest absolute Gasteiger partial charge is 0.303 e. The Morgan fingerprint density at radius 1 is 1.36 bits per heavy atom. The molecule has 11 heavy (non-hydrogen) atoms. The highest BCUT2D eigenvalue weighted by atomic mass is 15.1. The van der Waals surface area contributed by atoms with E-state index < -0.39 is 0 Å². The fourth-order valence-corrected chi connectivity index (χ4v) is 2.08. The molecular weight excluding hydrogens is 134 g/mol. The number of likely N-dealkylation sites (tertiary alicyclic amines) is 1. The van der Waals surface area contributed by atoms with E-state index in [0.29, 0.717) is 0 Å². The highest BCUT2D eigenvalue weighted by molar-refractivity contribution is 4.79. The van der Waals surface area contributed by atoms with Gasteiger partial charge >= 0.3 is 0 Å². The summed E-state index contributed by atoms with van der Waals surface area (Å²) in [5, 5.41) is 0. The maximum absolute atomic E-state index is 2.52. The van der Waals surface area contributed by atoms with Gasteiger partial charge in [-0.2, -0.15) is 0 Å². The van der Waals surface area contributed by atoms with Gasteiger partial charge in [0.15, 0.2) is 0 Å². The van der Waals surface area contributed by atoms with Crippen LogP contribution < -0.4 is 0 Å². The first kappa shape index (κ1) is 9.05. The van der Waals surface area contributed by atoms with E-state index in [1.165, 1.54) is 19.4 Å². The predicted octanol–water partition coefficient (Wildman–Crippen LogP) is 2.37. The number of hydrogen-bond donors (Lipinski definition) is 0. The lowest BCUT2D eigenvalue weighted by atomic mass is 9.87. The molecule has 1 nitrogen and oxygen atoms in total.